The van der Waals surface area contributed by atoms with Crippen LogP contribution in [-0.2, 0) is 14.3 Å². The second-order valence-corrected chi connectivity index (χ2v) is 6.29. The zero-order valence-corrected chi connectivity index (χ0v) is 14.0. The van der Waals surface area contributed by atoms with Crippen LogP contribution in [-0.4, -0.2) is 48.7 Å². The summed E-state index contributed by atoms with van der Waals surface area (Å²) in [6.45, 7) is 1.35. The number of amides is 1. The number of benzene rings is 1. The molecule has 0 saturated carbocycles. The van der Waals surface area contributed by atoms with Crippen molar-refractivity contribution in [3.8, 4) is 0 Å². The maximum Gasteiger partial charge on any atom is 0.308 e. The SMILES string of the molecule is COCCCCC(=O)N1C[C@@H](C(=O)O)[C@H](c2ccc(Cl)cc2)C1. The van der Waals surface area contributed by atoms with Gasteiger partial charge in [-0.3, -0.25) is 9.59 Å². The number of likely N-dealkylation sites (tertiary alicyclic amines) is 1. The molecule has 1 aliphatic heterocycles. The number of halogens is 1. The van der Waals surface area contributed by atoms with Crippen molar-refractivity contribution in [3.63, 3.8) is 0 Å². The Morgan fingerprint density at radius 1 is 1.26 bits per heavy atom. The standard InChI is InChI=1S/C17H22ClNO4/c1-23-9-3-2-4-16(20)19-10-14(15(11-19)17(21)22)12-5-7-13(18)8-6-12/h5-8,14-15H,2-4,9-11H2,1H3,(H,21,22)/t14-,15+/m0/s1. The third-order valence-electron chi connectivity index (χ3n) is 4.28. The van der Waals surface area contributed by atoms with E-state index in [0.717, 1.165) is 18.4 Å². The lowest BCUT2D eigenvalue weighted by atomic mass is 9.89. The highest BCUT2D eigenvalue weighted by Gasteiger charge is 2.40. The molecule has 1 N–H and O–H groups in total. The van der Waals surface area contributed by atoms with Gasteiger partial charge in [-0.05, 0) is 30.5 Å². The fraction of sp³-hybridized carbons (Fsp3) is 0.529. The number of unbranched alkanes of at least 4 members (excludes halogenated alkanes) is 1. The van der Waals surface area contributed by atoms with Gasteiger partial charge in [0.25, 0.3) is 0 Å². The summed E-state index contributed by atoms with van der Waals surface area (Å²) in [5.41, 5.74) is 0.913. The maximum atomic E-state index is 12.3. The smallest absolute Gasteiger partial charge is 0.308 e. The number of ether oxygens (including phenoxy) is 1. The number of nitrogens with zero attached hydrogens (tertiary/aromatic N) is 1. The van der Waals surface area contributed by atoms with Gasteiger partial charge in [0.2, 0.25) is 5.91 Å². The van der Waals surface area contributed by atoms with Gasteiger partial charge in [0.05, 0.1) is 5.92 Å². The lowest BCUT2D eigenvalue weighted by Crippen LogP contribution is -2.29. The predicted molar refractivity (Wildman–Crippen MR) is 87.6 cm³/mol. The van der Waals surface area contributed by atoms with E-state index in [-0.39, 0.29) is 18.4 Å². The van der Waals surface area contributed by atoms with Crippen LogP contribution >= 0.6 is 11.6 Å². The topological polar surface area (TPSA) is 66.8 Å². The molecule has 0 aromatic heterocycles. The van der Waals surface area contributed by atoms with Crippen molar-refractivity contribution in [1.29, 1.82) is 0 Å². The van der Waals surface area contributed by atoms with Crippen molar-refractivity contribution < 1.29 is 19.4 Å². The summed E-state index contributed by atoms with van der Waals surface area (Å²) in [6, 6.07) is 7.20. The molecule has 1 aromatic carbocycles. The lowest BCUT2D eigenvalue weighted by Gasteiger charge is -2.16. The van der Waals surface area contributed by atoms with Crippen LogP contribution in [0.2, 0.25) is 5.02 Å². The van der Waals surface area contributed by atoms with E-state index in [9.17, 15) is 14.7 Å². The van der Waals surface area contributed by atoms with Crippen molar-refractivity contribution in [2.45, 2.75) is 25.2 Å². The Bertz CT molecular complexity index is 546. The van der Waals surface area contributed by atoms with E-state index in [1.165, 1.54) is 0 Å². The van der Waals surface area contributed by atoms with Crippen LogP contribution in [0.25, 0.3) is 0 Å². The molecule has 23 heavy (non-hydrogen) atoms. The zero-order valence-electron chi connectivity index (χ0n) is 13.2. The maximum absolute atomic E-state index is 12.3. The molecule has 1 fully saturated rings. The first kappa shape index (κ1) is 17.8. The first-order chi connectivity index (χ1) is 11.0. The van der Waals surface area contributed by atoms with Crippen molar-refractivity contribution >= 4 is 23.5 Å². The lowest BCUT2D eigenvalue weighted by molar-refractivity contribution is -0.141. The van der Waals surface area contributed by atoms with Gasteiger partial charge < -0.3 is 14.7 Å². The number of carbonyl (C=O) groups is 2. The Labute approximate surface area is 141 Å². The number of aliphatic carboxylic acids is 1. The average molecular weight is 340 g/mol. The first-order valence-electron chi connectivity index (χ1n) is 7.78. The van der Waals surface area contributed by atoms with Crippen molar-refractivity contribution in [1.82, 2.24) is 4.90 Å². The number of carboxylic acids is 1. The van der Waals surface area contributed by atoms with E-state index in [0.29, 0.717) is 24.6 Å². The molecule has 0 radical (unpaired) electrons. The summed E-state index contributed by atoms with van der Waals surface area (Å²) >= 11 is 5.89. The third kappa shape index (κ3) is 4.69. The van der Waals surface area contributed by atoms with Gasteiger partial charge >= 0.3 is 5.97 Å². The summed E-state index contributed by atoms with van der Waals surface area (Å²) < 4.78 is 4.97. The first-order valence-corrected chi connectivity index (χ1v) is 8.15. The Morgan fingerprint density at radius 3 is 2.57 bits per heavy atom. The monoisotopic (exact) mass is 339 g/mol. The molecule has 0 bridgehead atoms. The van der Waals surface area contributed by atoms with Gasteiger partial charge in [0.15, 0.2) is 0 Å². The van der Waals surface area contributed by atoms with E-state index in [2.05, 4.69) is 0 Å². The van der Waals surface area contributed by atoms with Crippen LogP contribution in [0.1, 0.15) is 30.7 Å². The summed E-state index contributed by atoms with van der Waals surface area (Å²) in [4.78, 5) is 25.5. The number of rotatable bonds is 7. The minimum atomic E-state index is -0.861. The van der Waals surface area contributed by atoms with Crippen LogP contribution in [0.15, 0.2) is 24.3 Å². The molecule has 0 unspecified atom stereocenters. The predicted octanol–water partition coefficient (Wildman–Crippen LogP) is 2.78. The summed E-state index contributed by atoms with van der Waals surface area (Å²) in [5.74, 6) is -1.60. The number of carbonyl (C=O) groups excluding carboxylic acids is 1. The Balaban J connectivity index is 2.01. The molecule has 6 heteroatoms. The largest absolute Gasteiger partial charge is 0.481 e. The van der Waals surface area contributed by atoms with Crippen LogP contribution in [0.5, 0.6) is 0 Å². The summed E-state index contributed by atoms with van der Waals surface area (Å²) in [5, 5.41) is 10.1. The minimum absolute atomic E-state index is 0.0174. The van der Waals surface area contributed by atoms with E-state index in [4.69, 9.17) is 16.3 Å². The van der Waals surface area contributed by atoms with E-state index >= 15 is 0 Å². The van der Waals surface area contributed by atoms with Crippen LogP contribution in [0.3, 0.4) is 0 Å². The second-order valence-electron chi connectivity index (χ2n) is 5.85. The summed E-state index contributed by atoms with van der Waals surface area (Å²) in [7, 11) is 1.64. The second kappa shape index (κ2) is 8.31. The number of carboxylic acid groups (broad SMARTS) is 1. The average Bonchev–Trinajstić information content (AvgIpc) is 2.98. The third-order valence-corrected chi connectivity index (χ3v) is 4.53. The zero-order chi connectivity index (χ0) is 16.8. The molecule has 5 nitrogen and oxygen atoms in total. The van der Waals surface area contributed by atoms with E-state index in [1.54, 1.807) is 24.1 Å². The number of methoxy groups -OCH3 is 1. The Morgan fingerprint density at radius 2 is 1.96 bits per heavy atom. The quantitative estimate of drug-likeness (QED) is 0.776. The molecule has 1 amide bonds. The number of hydrogen-bond acceptors (Lipinski definition) is 3. The number of hydrogen-bond donors (Lipinski definition) is 1. The fourth-order valence-corrected chi connectivity index (χ4v) is 3.11. The molecule has 0 aliphatic carbocycles. The molecule has 1 aromatic rings. The van der Waals surface area contributed by atoms with E-state index in [1.807, 2.05) is 12.1 Å². The molecule has 1 heterocycles. The summed E-state index contributed by atoms with van der Waals surface area (Å²) in [6.07, 6.45) is 2.02. The van der Waals surface area contributed by atoms with Crippen LogP contribution in [0, 0.1) is 5.92 Å². The van der Waals surface area contributed by atoms with Crippen molar-refractivity contribution in [2.24, 2.45) is 5.92 Å². The Kier molecular flexibility index (Phi) is 6.42. The molecule has 2 atom stereocenters. The van der Waals surface area contributed by atoms with Gasteiger partial charge in [0, 0.05) is 44.2 Å². The van der Waals surface area contributed by atoms with Gasteiger partial charge in [-0.1, -0.05) is 23.7 Å². The van der Waals surface area contributed by atoms with Crippen molar-refractivity contribution in [2.75, 3.05) is 26.8 Å². The van der Waals surface area contributed by atoms with Gasteiger partial charge in [-0.15, -0.1) is 0 Å². The molecule has 1 aliphatic rings. The van der Waals surface area contributed by atoms with Crippen LogP contribution < -0.4 is 0 Å². The minimum Gasteiger partial charge on any atom is -0.481 e. The highest BCUT2D eigenvalue weighted by molar-refractivity contribution is 6.30. The van der Waals surface area contributed by atoms with Gasteiger partial charge in [-0.25, -0.2) is 0 Å². The highest BCUT2D eigenvalue weighted by Crippen LogP contribution is 2.34. The molecule has 0 spiro atoms. The van der Waals surface area contributed by atoms with Gasteiger partial charge in [0.1, 0.15) is 0 Å². The van der Waals surface area contributed by atoms with Gasteiger partial charge in [-0.2, -0.15) is 0 Å². The molecule has 1 saturated heterocycles. The fourth-order valence-electron chi connectivity index (χ4n) is 2.99. The molecule has 126 valence electrons. The molecular formula is C17H22ClNO4. The highest BCUT2D eigenvalue weighted by atomic mass is 35.5. The normalized spacial score (nSPS) is 20.7. The Hall–Kier alpha value is -1.59. The van der Waals surface area contributed by atoms with Crippen molar-refractivity contribution in [3.05, 3.63) is 34.9 Å². The van der Waals surface area contributed by atoms with E-state index < -0.39 is 11.9 Å². The molecule has 2 rings (SSSR count). The van der Waals surface area contributed by atoms with Crippen LogP contribution in [0.4, 0.5) is 0 Å². The molecular weight excluding hydrogens is 318 g/mol.